The minimum atomic E-state index is 0. The van der Waals surface area contributed by atoms with Crippen LogP contribution in [0.3, 0.4) is 0 Å². The normalized spacial score (nSPS) is 18.4. The van der Waals surface area contributed by atoms with Crippen LogP contribution >= 0.6 is 0 Å². The topological polar surface area (TPSA) is 0 Å². The maximum Gasteiger partial charge on any atom is 1.00 e. The molecular formula is C6H11Li. The molecule has 0 aliphatic heterocycles. The Bertz CT molecular complexity index is 39.4. The molecule has 0 nitrogen and oxygen atoms in total. The Morgan fingerprint density at radius 1 is 1.43 bits per heavy atom. The van der Waals surface area contributed by atoms with Gasteiger partial charge in [-0.1, -0.05) is 13.3 Å². The molecule has 0 N–H and O–H groups in total. The van der Waals surface area contributed by atoms with E-state index in [1.165, 1.54) is 25.7 Å². The Labute approximate surface area is 57.9 Å². The van der Waals surface area contributed by atoms with Gasteiger partial charge in [-0.15, -0.1) is 0 Å². The van der Waals surface area contributed by atoms with Crippen molar-refractivity contribution >= 4 is 0 Å². The van der Waals surface area contributed by atoms with Crippen LogP contribution in [-0.2, 0) is 0 Å². The summed E-state index contributed by atoms with van der Waals surface area (Å²) in [5.41, 5.74) is 0. The van der Waals surface area contributed by atoms with Gasteiger partial charge >= 0.3 is 18.9 Å². The molecule has 0 radical (unpaired) electrons. The molecule has 1 aliphatic carbocycles. The average molecular weight is 90.1 g/mol. The molecule has 1 fully saturated rings. The van der Waals surface area contributed by atoms with E-state index >= 15 is 0 Å². The van der Waals surface area contributed by atoms with Crippen molar-refractivity contribution in [1.29, 1.82) is 0 Å². The zero-order valence-corrected chi connectivity index (χ0v) is 5.33. The first-order chi connectivity index (χ1) is 2.93. The summed E-state index contributed by atoms with van der Waals surface area (Å²) in [6, 6.07) is 0. The molecule has 1 aliphatic rings. The van der Waals surface area contributed by atoms with Crippen molar-refractivity contribution in [3.63, 3.8) is 0 Å². The summed E-state index contributed by atoms with van der Waals surface area (Å²) in [5, 5.41) is 0. The Hall–Kier alpha value is 0.597. The Balaban J connectivity index is 0.000000360. The van der Waals surface area contributed by atoms with Crippen LogP contribution in [0.15, 0.2) is 0 Å². The minimum absolute atomic E-state index is 0. The van der Waals surface area contributed by atoms with Gasteiger partial charge in [-0.3, -0.25) is 0 Å². The summed E-state index contributed by atoms with van der Waals surface area (Å²) < 4.78 is 0. The predicted molar refractivity (Wildman–Crippen MR) is 27.4 cm³/mol. The number of hydrogen-bond donors (Lipinski definition) is 0. The monoisotopic (exact) mass is 90.1 g/mol. The van der Waals surface area contributed by atoms with Gasteiger partial charge in [-0.25, -0.2) is 12.8 Å². The fourth-order valence-corrected chi connectivity index (χ4v) is 0.692. The van der Waals surface area contributed by atoms with E-state index in [0.29, 0.717) is 0 Å². The third-order valence-electron chi connectivity index (χ3n) is 1.21. The average Bonchev–Trinajstić information content (AvgIpc) is 2.21. The van der Waals surface area contributed by atoms with Crippen molar-refractivity contribution in [3.05, 3.63) is 5.92 Å². The first kappa shape index (κ1) is 7.60. The molecule has 0 heterocycles. The van der Waals surface area contributed by atoms with Crippen LogP contribution in [0.25, 0.3) is 0 Å². The fourth-order valence-electron chi connectivity index (χ4n) is 0.692. The molecule has 1 rings (SSSR count). The molecule has 36 valence electrons. The summed E-state index contributed by atoms with van der Waals surface area (Å²) in [4.78, 5) is 0. The van der Waals surface area contributed by atoms with Gasteiger partial charge in [0, 0.05) is 0 Å². The van der Waals surface area contributed by atoms with Gasteiger partial charge in [-0.05, 0) is 0 Å². The quantitative estimate of drug-likeness (QED) is 0.306. The molecule has 0 unspecified atom stereocenters. The van der Waals surface area contributed by atoms with Crippen molar-refractivity contribution in [2.45, 2.75) is 32.6 Å². The molecule has 0 aromatic heterocycles. The molecule has 0 aromatic carbocycles. The Morgan fingerprint density at radius 3 is 2.14 bits per heavy atom. The number of rotatable bonds is 2. The predicted octanol–water partition coefficient (Wildman–Crippen LogP) is -0.841. The second-order valence-corrected chi connectivity index (χ2v) is 2.00. The molecule has 0 atom stereocenters. The van der Waals surface area contributed by atoms with E-state index in [1.54, 1.807) is 5.92 Å². The zero-order chi connectivity index (χ0) is 4.41. The van der Waals surface area contributed by atoms with Crippen LogP contribution in [0.2, 0.25) is 0 Å². The summed E-state index contributed by atoms with van der Waals surface area (Å²) >= 11 is 0. The van der Waals surface area contributed by atoms with Gasteiger partial charge in [-0.2, -0.15) is 6.42 Å². The van der Waals surface area contributed by atoms with Gasteiger partial charge in [0.2, 0.25) is 0 Å². The van der Waals surface area contributed by atoms with Crippen molar-refractivity contribution in [1.82, 2.24) is 0 Å². The molecule has 0 aromatic rings. The van der Waals surface area contributed by atoms with E-state index in [0.717, 1.165) is 0 Å². The molecule has 0 saturated heterocycles. The third kappa shape index (κ3) is 3.20. The number of hydrogen-bond acceptors (Lipinski definition) is 0. The zero-order valence-electron chi connectivity index (χ0n) is 5.33. The standard InChI is InChI=1S/C6H11.Li/c1-2-3-6-4-5-6;/h2-5H2,1H3;/q-1;+1. The van der Waals surface area contributed by atoms with E-state index in [1.807, 2.05) is 0 Å². The molecule has 0 bridgehead atoms. The molecule has 0 spiro atoms. The van der Waals surface area contributed by atoms with Gasteiger partial charge in [0.25, 0.3) is 0 Å². The Kier molecular flexibility index (Phi) is 3.89. The minimum Gasteiger partial charge on any atom is -0.318 e. The van der Waals surface area contributed by atoms with Crippen molar-refractivity contribution < 1.29 is 18.9 Å². The van der Waals surface area contributed by atoms with Crippen LogP contribution in [0, 0.1) is 5.92 Å². The van der Waals surface area contributed by atoms with Crippen LogP contribution in [0.5, 0.6) is 0 Å². The molecule has 7 heavy (non-hydrogen) atoms. The molecule has 1 saturated carbocycles. The van der Waals surface area contributed by atoms with Crippen molar-refractivity contribution in [2.75, 3.05) is 0 Å². The largest absolute Gasteiger partial charge is 1.00 e. The molecule has 0 amide bonds. The van der Waals surface area contributed by atoms with E-state index in [9.17, 15) is 0 Å². The summed E-state index contributed by atoms with van der Waals surface area (Å²) in [5.74, 6) is 1.79. The fraction of sp³-hybridized carbons (Fsp3) is 0.833. The second kappa shape index (κ2) is 3.58. The van der Waals surface area contributed by atoms with E-state index in [2.05, 4.69) is 6.92 Å². The van der Waals surface area contributed by atoms with Crippen LogP contribution in [-0.4, -0.2) is 0 Å². The second-order valence-electron chi connectivity index (χ2n) is 2.00. The Morgan fingerprint density at radius 2 is 2.00 bits per heavy atom. The van der Waals surface area contributed by atoms with Gasteiger partial charge in [0.1, 0.15) is 0 Å². The smallest absolute Gasteiger partial charge is 0.318 e. The maximum absolute atomic E-state index is 2.24. The first-order valence-electron chi connectivity index (χ1n) is 2.77. The van der Waals surface area contributed by atoms with E-state index in [-0.39, 0.29) is 18.9 Å². The van der Waals surface area contributed by atoms with Crippen molar-refractivity contribution in [3.8, 4) is 0 Å². The van der Waals surface area contributed by atoms with Gasteiger partial charge in [0.15, 0.2) is 0 Å². The maximum atomic E-state index is 2.24. The van der Waals surface area contributed by atoms with E-state index < -0.39 is 0 Å². The van der Waals surface area contributed by atoms with Crippen LogP contribution < -0.4 is 18.9 Å². The van der Waals surface area contributed by atoms with Gasteiger partial charge in [0.05, 0.1) is 0 Å². The molecule has 1 heteroatoms. The summed E-state index contributed by atoms with van der Waals surface area (Å²) in [7, 11) is 0. The van der Waals surface area contributed by atoms with Crippen molar-refractivity contribution in [2.24, 2.45) is 0 Å². The summed E-state index contributed by atoms with van der Waals surface area (Å²) in [6.45, 7) is 2.24. The van der Waals surface area contributed by atoms with Gasteiger partial charge < -0.3 is 5.92 Å². The SMILES string of the molecule is CCC[C-]1CC1.[Li+]. The molecular weight excluding hydrogens is 79.0 g/mol. The van der Waals surface area contributed by atoms with Crippen LogP contribution in [0.1, 0.15) is 32.6 Å². The first-order valence-corrected chi connectivity index (χ1v) is 2.77. The van der Waals surface area contributed by atoms with Crippen LogP contribution in [0.4, 0.5) is 0 Å². The van der Waals surface area contributed by atoms with E-state index in [4.69, 9.17) is 0 Å². The summed E-state index contributed by atoms with van der Waals surface area (Å²) in [6.07, 6.45) is 5.64. The third-order valence-corrected chi connectivity index (χ3v) is 1.21.